The van der Waals surface area contributed by atoms with Gasteiger partial charge in [-0.3, -0.25) is 14.7 Å². The number of H-pyrrole nitrogens is 1. The maximum Gasteiger partial charge on any atom is 0.224 e. The minimum absolute atomic E-state index is 0.0178. The number of nitrogens with two attached hydrogens (primary N) is 1. The van der Waals surface area contributed by atoms with E-state index in [2.05, 4.69) is 25.8 Å². The first-order chi connectivity index (χ1) is 21.0. The average Bonchev–Trinajstić information content (AvgIpc) is 3.55. The van der Waals surface area contributed by atoms with Crippen LogP contribution in [0.3, 0.4) is 0 Å². The summed E-state index contributed by atoms with van der Waals surface area (Å²) in [4.78, 5) is 28.9. The van der Waals surface area contributed by atoms with Crippen molar-refractivity contribution in [2.45, 2.75) is 55.9 Å². The molecule has 0 spiro atoms. The Kier molecular flexibility index (Phi) is 10.4. The van der Waals surface area contributed by atoms with Gasteiger partial charge in [-0.1, -0.05) is 60.3 Å². The molecular weight excluding hydrogens is 568 g/mol. The number of carbonyl (C=O) groups excluding carboxylic acids is 2. The first-order valence-corrected chi connectivity index (χ1v) is 15.0. The molecule has 1 fully saturated rings. The quantitative estimate of drug-likeness (QED) is 0.111. The number of benzene rings is 3. The summed E-state index contributed by atoms with van der Waals surface area (Å²) in [6, 6.07) is 22.1. The van der Waals surface area contributed by atoms with Gasteiger partial charge in [0.05, 0.1) is 30.2 Å². The second-order valence-corrected chi connectivity index (χ2v) is 11.1. The van der Waals surface area contributed by atoms with Crippen LogP contribution in [0, 0.1) is 0 Å². The number of aromatic amines is 1. The molecule has 12 heteroatoms. The minimum Gasteiger partial charge on any atom is -0.397 e. The van der Waals surface area contributed by atoms with Crippen LogP contribution in [0.25, 0.3) is 0 Å². The maximum absolute atomic E-state index is 12.5. The van der Waals surface area contributed by atoms with Gasteiger partial charge in [-0.2, -0.15) is 5.10 Å². The fourth-order valence-corrected chi connectivity index (χ4v) is 5.44. The van der Waals surface area contributed by atoms with E-state index < -0.39 is 6.29 Å². The summed E-state index contributed by atoms with van der Waals surface area (Å²) < 4.78 is 12.7. The summed E-state index contributed by atoms with van der Waals surface area (Å²) in [5.41, 5.74) is 10.2. The number of rotatable bonds is 12. The van der Waals surface area contributed by atoms with Crippen LogP contribution < -0.4 is 16.4 Å². The summed E-state index contributed by atoms with van der Waals surface area (Å²) >= 11 is 1.53. The van der Waals surface area contributed by atoms with E-state index in [1.165, 1.54) is 18.1 Å². The number of nitrogen functional groups attached to an aromatic ring is 1. The summed E-state index contributed by atoms with van der Waals surface area (Å²) in [7, 11) is 0. The van der Waals surface area contributed by atoms with Crippen molar-refractivity contribution in [1.29, 1.82) is 0 Å². The number of amides is 2. The summed E-state index contributed by atoms with van der Waals surface area (Å²) in [5, 5.41) is 22.6. The maximum atomic E-state index is 12.5. The molecule has 0 unspecified atom stereocenters. The topological polar surface area (TPSA) is 164 Å². The number of aliphatic hydroxyl groups excluding tert-OH is 1. The number of hydrogen-bond donors (Lipinski definition) is 5. The molecule has 3 atom stereocenters. The van der Waals surface area contributed by atoms with Crippen LogP contribution in [0.2, 0.25) is 0 Å². The molecular formula is C31H34N6O5S. The largest absolute Gasteiger partial charge is 0.397 e. The Morgan fingerprint density at radius 3 is 2.37 bits per heavy atom. The van der Waals surface area contributed by atoms with Gasteiger partial charge in [-0.25, -0.2) is 4.98 Å². The molecule has 5 rings (SSSR count). The molecule has 1 saturated heterocycles. The van der Waals surface area contributed by atoms with Crippen molar-refractivity contribution in [3.8, 4) is 0 Å². The summed E-state index contributed by atoms with van der Waals surface area (Å²) in [6.45, 7) is -0.0178. The zero-order chi connectivity index (χ0) is 30.0. The van der Waals surface area contributed by atoms with Crippen LogP contribution in [0.15, 0.2) is 84.3 Å². The van der Waals surface area contributed by atoms with Crippen LogP contribution in [-0.4, -0.2) is 44.0 Å². The van der Waals surface area contributed by atoms with E-state index in [-0.39, 0.29) is 43.5 Å². The van der Waals surface area contributed by atoms with E-state index in [9.17, 15) is 14.7 Å². The third-order valence-electron chi connectivity index (χ3n) is 6.92. The van der Waals surface area contributed by atoms with Crippen molar-refractivity contribution >= 4 is 40.6 Å². The van der Waals surface area contributed by atoms with Crippen molar-refractivity contribution in [2.24, 2.45) is 0 Å². The second-order valence-electron chi connectivity index (χ2n) is 10.1. The standard InChI is InChI=1S/C31H34N6O5S/c32-25-4-1-2-5-26(25)36-29(40)7-3-6-28(39)35-23-14-12-22(13-15-23)30-41-24(18-43-31-33-19-34-37-31)16-27(42-30)21-10-8-20(17-38)9-11-21/h1-2,4-5,8-15,19,24,27,30,38H,3,6-7,16-18,32H2,(H,35,39)(H,36,40)(H,33,34,37)/t24-,27+,30+/m1/s1. The van der Waals surface area contributed by atoms with Crippen molar-refractivity contribution in [3.05, 3.63) is 95.8 Å². The number of nitrogens with one attached hydrogen (secondary N) is 3. The number of hydrogen-bond acceptors (Lipinski definition) is 9. The number of carbonyl (C=O) groups is 2. The molecule has 0 bridgehead atoms. The Bertz CT molecular complexity index is 1480. The summed E-state index contributed by atoms with van der Waals surface area (Å²) in [6.07, 6.45) is 2.00. The van der Waals surface area contributed by atoms with Gasteiger partial charge in [0, 0.05) is 36.3 Å². The van der Waals surface area contributed by atoms with Crippen LogP contribution in [0.5, 0.6) is 0 Å². The molecule has 1 aliphatic rings. The van der Waals surface area contributed by atoms with E-state index in [0.717, 1.165) is 21.8 Å². The molecule has 2 amide bonds. The Balaban J connectivity index is 1.15. The molecule has 6 N–H and O–H groups in total. The Hall–Kier alpha value is -4.23. The van der Waals surface area contributed by atoms with Crippen molar-refractivity contribution in [1.82, 2.24) is 15.2 Å². The number of aliphatic hydroxyl groups is 1. The number of para-hydroxylation sites is 2. The van der Waals surface area contributed by atoms with Crippen LogP contribution >= 0.6 is 11.8 Å². The predicted molar refractivity (Wildman–Crippen MR) is 164 cm³/mol. The number of nitrogens with zero attached hydrogens (tertiary/aromatic N) is 2. The van der Waals surface area contributed by atoms with Crippen LogP contribution in [0.4, 0.5) is 17.1 Å². The Morgan fingerprint density at radius 2 is 1.67 bits per heavy atom. The molecule has 43 heavy (non-hydrogen) atoms. The monoisotopic (exact) mass is 602 g/mol. The smallest absolute Gasteiger partial charge is 0.224 e. The van der Waals surface area contributed by atoms with Gasteiger partial charge in [-0.05, 0) is 41.8 Å². The molecule has 4 aromatic rings. The second kappa shape index (κ2) is 14.8. The SMILES string of the molecule is Nc1ccccc1NC(=O)CCCC(=O)Nc1ccc([C@H]2O[C@@H](CSc3ncn[nH]3)C[C@@H](c3ccc(CO)cc3)O2)cc1. The van der Waals surface area contributed by atoms with Crippen molar-refractivity contribution in [3.63, 3.8) is 0 Å². The van der Waals surface area contributed by atoms with Gasteiger partial charge in [0.2, 0.25) is 11.8 Å². The molecule has 0 saturated carbocycles. The summed E-state index contributed by atoms with van der Waals surface area (Å²) in [5.74, 6) is 0.286. The highest BCUT2D eigenvalue weighted by atomic mass is 32.2. The lowest BCUT2D eigenvalue weighted by Crippen LogP contribution is -2.31. The number of aromatic nitrogens is 3. The van der Waals surface area contributed by atoms with E-state index in [4.69, 9.17) is 15.2 Å². The van der Waals surface area contributed by atoms with Gasteiger partial charge in [0.15, 0.2) is 11.4 Å². The number of thioether (sulfide) groups is 1. The Morgan fingerprint density at radius 1 is 0.953 bits per heavy atom. The lowest BCUT2D eigenvalue weighted by atomic mass is 10.0. The zero-order valence-electron chi connectivity index (χ0n) is 23.4. The highest BCUT2D eigenvalue weighted by Gasteiger charge is 2.32. The highest BCUT2D eigenvalue weighted by molar-refractivity contribution is 7.99. The highest BCUT2D eigenvalue weighted by Crippen LogP contribution is 2.39. The number of anilines is 3. The lowest BCUT2D eigenvalue weighted by Gasteiger charge is -2.36. The molecule has 1 aromatic heterocycles. The zero-order valence-corrected chi connectivity index (χ0v) is 24.3. The molecule has 0 aliphatic carbocycles. The van der Waals surface area contributed by atoms with E-state index >= 15 is 0 Å². The fourth-order valence-electron chi connectivity index (χ4n) is 4.64. The third-order valence-corrected chi connectivity index (χ3v) is 7.93. The molecule has 11 nitrogen and oxygen atoms in total. The van der Waals surface area contributed by atoms with Crippen molar-refractivity contribution < 1.29 is 24.2 Å². The minimum atomic E-state index is -0.612. The predicted octanol–water partition coefficient (Wildman–Crippen LogP) is 4.96. The normalized spacial score (nSPS) is 18.2. The van der Waals surface area contributed by atoms with Gasteiger partial charge in [0.25, 0.3) is 0 Å². The lowest BCUT2D eigenvalue weighted by molar-refractivity contribution is -0.245. The van der Waals surface area contributed by atoms with E-state index in [1.807, 2.05) is 48.5 Å². The molecule has 2 heterocycles. The van der Waals surface area contributed by atoms with Crippen LogP contribution in [-0.2, 0) is 25.7 Å². The molecule has 224 valence electrons. The van der Waals surface area contributed by atoms with E-state index in [1.54, 1.807) is 24.3 Å². The van der Waals surface area contributed by atoms with Crippen LogP contribution in [0.1, 0.15) is 54.8 Å². The first kappa shape index (κ1) is 30.2. The van der Waals surface area contributed by atoms with Gasteiger partial charge in [0.1, 0.15) is 6.33 Å². The van der Waals surface area contributed by atoms with Crippen molar-refractivity contribution in [2.75, 3.05) is 22.1 Å². The van der Waals surface area contributed by atoms with Gasteiger partial charge >= 0.3 is 0 Å². The molecule has 3 aromatic carbocycles. The third kappa shape index (κ3) is 8.64. The van der Waals surface area contributed by atoms with Gasteiger partial charge < -0.3 is 30.9 Å². The Labute approximate surface area is 253 Å². The first-order valence-electron chi connectivity index (χ1n) is 14.0. The molecule has 1 aliphatic heterocycles. The number of ether oxygens (including phenoxy) is 2. The molecule has 0 radical (unpaired) electrons. The van der Waals surface area contributed by atoms with Gasteiger partial charge in [-0.15, -0.1) is 0 Å². The average molecular weight is 603 g/mol. The van der Waals surface area contributed by atoms with E-state index in [0.29, 0.717) is 35.7 Å². The fraction of sp³-hybridized carbons (Fsp3) is 0.290.